The molecule has 1 heterocycles. The number of halogens is 5. The van der Waals surface area contributed by atoms with Gasteiger partial charge in [0.2, 0.25) is 5.96 Å². The Labute approximate surface area is 207 Å². The Hall–Kier alpha value is -3.07. The summed E-state index contributed by atoms with van der Waals surface area (Å²) >= 11 is 0. The van der Waals surface area contributed by atoms with Crippen molar-refractivity contribution in [3.63, 3.8) is 0 Å². The van der Waals surface area contributed by atoms with Crippen LogP contribution in [-0.2, 0) is 17.0 Å². The number of alkyl halides is 5. The maximum Gasteiger partial charge on any atom is 0.413 e. The molecule has 0 radical (unpaired) electrons. The van der Waals surface area contributed by atoms with Gasteiger partial charge >= 0.3 is 12.2 Å². The number of unbranched alkanes of at least 4 members (excludes halogenated alkanes) is 1. The van der Waals surface area contributed by atoms with Crippen LogP contribution < -0.4 is 5.32 Å². The molecule has 3 amide bonds. The second kappa shape index (κ2) is 11.3. The normalized spacial score (nSPS) is 17.4. The molecule has 1 unspecified atom stereocenters. The molecular formula is C24H26F5N4O2P. The van der Waals surface area contributed by atoms with E-state index in [1.165, 1.54) is 51.7 Å². The van der Waals surface area contributed by atoms with Crippen molar-refractivity contribution in [2.24, 2.45) is 4.99 Å². The summed E-state index contributed by atoms with van der Waals surface area (Å²) in [5.41, 5.74) is -3.98. The van der Waals surface area contributed by atoms with Crippen molar-refractivity contribution in [3.8, 4) is 0 Å². The number of allylic oxidation sites excluding steroid dienone is 5. The van der Waals surface area contributed by atoms with Gasteiger partial charge in [-0.05, 0) is 36.6 Å². The monoisotopic (exact) mass is 528 g/mol. The predicted molar refractivity (Wildman–Crippen MR) is 129 cm³/mol. The topological polar surface area (TPSA) is 65.0 Å². The first-order valence-electron chi connectivity index (χ1n) is 11.2. The number of benzene rings is 1. The first-order valence-corrected chi connectivity index (χ1v) is 11.8. The van der Waals surface area contributed by atoms with Gasteiger partial charge in [-0.25, -0.2) is 9.79 Å². The fourth-order valence-corrected chi connectivity index (χ4v) is 3.75. The molecule has 194 valence electrons. The first-order chi connectivity index (χ1) is 16.9. The fraction of sp³-hybridized carbons (Fsp3) is 0.375. The van der Waals surface area contributed by atoms with Gasteiger partial charge in [-0.15, -0.1) is 0 Å². The van der Waals surface area contributed by atoms with Crippen LogP contribution in [0.3, 0.4) is 0 Å². The number of amides is 3. The van der Waals surface area contributed by atoms with E-state index in [2.05, 4.69) is 10.3 Å². The van der Waals surface area contributed by atoms with Crippen LogP contribution in [0.1, 0.15) is 37.3 Å². The average Bonchev–Trinajstić information content (AvgIpc) is 3.10. The lowest BCUT2D eigenvalue weighted by Gasteiger charge is -2.28. The van der Waals surface area contributed by atoms with Crippen molar-refractivity contribution in [1.82, 2.24) is 15.1 Å². The van der Waals surface area contributed by atoms with Crippen LogP contribution in [0.5, 0.6) is 0 Å². The smallest absolute Gasteiger partial charge is 0.326 e. The minimum Gasteiger partial charge on any atom is -0.326 e. The van der Waals surface area contributed by atoms with Crippen LogP contribution in [0.2, 0.25) is 0 Å². The van der Waals surface area contributed by atoms with Crippen LogP contribution in [0, 0.1) is 0 Å². The van der Waals surface area contributed by atoms with E-state index >= 15 is 0 Å². The van der Waals surface area contributed by atoms with E-state index in [1.54, 1.807) is 0 Å². The second-order valence-electron chi connectivity index (χ2n) is 8.28. The third kappa shape index (κ3) is 7.00. The molecule has 1 atom stereocenters. The Balaban J connectivity index is 1.99. The van der Waals surface area contributed by atoms with Gasteiger partial charge in [-0.3, -0.25) is 14.6 Å². The number of urea groups is 1. The number of hydrogen-bond donors (Lipinski definition) is 1. The molecule has 0 aromatic heterocycles. The number of nitrogens with zero attached hydrogens (tertiary/aromatic N) is 3. The lowest BCUT2D eigenvalue weighted by molar-refractivity contribution is -0.126. The average molecular weight is 528 g/mol. The standard InChI is InChI=1S/C24H26F5N4O2P/c1-2-3-11-32-20(34)14-30-21(31-19-10-5-4-8-17(13-19)23(25,26)27)33(22(32)35)15-16-7-6-9-18(12-16)24(28,29)36/h4-7,9-10,12-13H,2-3,8,11,14-15,36H2,1H3,(H,30,31). The minimum absolute atomic E-state index is 0.00678. The zero-order valence-electron chi connectivity index (χ0n) is 19.5. The van der Waals surface area contributed by atoms with Crippen molar-refractivity contribution >= 4 is 27.1 Å². The molecule has 1 N–H and O–H groups in total. The number of rotatable bonds is 7. The number of carbonyl (C=O) groups excluding carboxylic acids is 2. The Morgan fingerprint density at radius 3 is 2.56 bits per heavy atom. The van der Waals surface area contributed by atoms with E-state index in [4.69, 9.17) is 0 Å². The highest BCUT2D eigenvalue weighted by Gasteiger charge is 2.35. The van der Waals surface area contributed by atoms with Gasteiger partial charge < -0.3 is 5.32 Å². The van der Waals surface area contributed by atoms with Gasteiger partial charge in [0, 0.05) is 23.4 Å². The summed E-state index contributed by atoms with van der Waals surface area (Å²) in [5.74, 6) is -0.725. The van der Waals surface area contributed by atoms with E-state index in [-0.39, 0.29) is 36.7 Å². The van der Waals surface area contributed by atoms with Crippen LogP contribution in [0.25, 0.3) is 0 Å². The van der Waals surface area contributed by atoms with Crippen molar-refractivity contribution in [1.29, 1.82) is 0 Å². The highest BCUT2D eigenvalue weighted by molar-refractivity contribution is 7.17. The Kier molecular flexibility index (Phi) is 8.66. The van der Waals surface area contributed by atoms with Gasteiger partial charge in [-0.2, -0.15) is 22.0 Å². The predicted octanol–water partition coefficient (Wildman–Crippen LogP) is 5.45. The molecule has 0 spiro atoms. The number of guanidine groups is 1. The third-order valence-electron chi connectivity index (χ3n) is 5.47. The van der Waals surface area contributed by atoms with Crippen molar-refractivity contribution < 1.29 is 31.5 Å². The third-order valence-corrected chi connectivity index (χ3v) is 5.80. The molecule has 0 bridgehead atoms. The maximum atomic E-state index is 13.8. The van der Waals surface area contributed by atoms with Gasteiger partial charge in [0.05, 0.1) is 6.54 Å². The lowest BCUT2D eigenvalue weighted by atomic mass is 10.1. The quantitative estimate of drug-likeness (QED) is 0.378. The molecule has 1 aromatic rings. The van der Waals surface area contributed by atoms with Crippen LogP contribution in [0.4, 0.5) is 26.7 Å². The van der Waals surface area contributed by atoms with E-state index in [1.807, 2.05) is 6.92 Å². The summed E-state index contributed by atoms with van der Waals surface area (Å²) in [6, 6.07) is 4.65. The highest BCUT2D eigenvalue weighted by Crippen LogP contribution is 2.35. The van der Waals surface area contributed by atoms with Crippen molar-refractivity contribution in [3.05, 3.63) is 71.0 Å². The molecule has 2 aliphatic rings. The molecular weight excluding hydrogens is 502 g/mol. The number of imide groups is 1. The Morgan fingerprint density at radius 1 is 1.14 bits per heavy atom. The molecule has 0 fully saturated rings. The van der Waals surface area contributed by atoms with Crippen LogP contribution in [0.15, 0.2) is 64.8 Å². The summed E-state index contributed by atoms with van der Waals surface area (Å²) in [6.07, 6.45) is 1.42. The summed E-state index contributed by atoms with van der Waals surface area (Å²) in [5, 5.41) is 2.74. The molecule has 0 saturated carbocycles. The first kappa shape index (κ1) is 27.5. The fourth-order valence-electron chi connectivity index (χ4n) is 3.57. The van der Waals surface area contributed by atoms with Crippen LogP contribution in [-0.4, -0.2) is 47.0 Å². The van der Waals surface area contributed by atoms with Gasteiger partial charge in [0.1, 0.15) is 6.54 Å². The van der Waals surface area contributed by atoms with Crippen LogP contribution >= 0.6 is 9.24 Å². The van der Waals surface area contributed by atoms with Gasteiger partial charge in [0.15, 0.2) is 0 Å². The number of nitrogens with one attached hydrogen (secondary N) is 1. The van der Waals surface area contributed by atoms with Gasteiger partial charge in [-0.1, -0.05) is 52.9 Å². The molecule has 0 saturated heterocycles. The molecule has 12 heteroatoms. The van der Waals surface area contributed by atoms with Crippen molar-refractivity contribution in [2.45, 2.75) is 44.6 Å². The summed E-state index contributed by atoms with van der Waals surface area (Å²) in [7, 11) is 1.44. The van der Waals surface area contributed by atoms with Crippen molar-refractivity contribution in [2.75, 3.05) is 13.1 Å². The number of hydrogen-bond acceptors (Lipinski definition) is 4. The maximum absolute atomic E-state index is 13.8. The lowest BCUT2D eigenvalue weighted by Crippen LogP contribution is -2.50. The summed E-state index contributed by atoms with van der Waals surface area (Å²) in [6.45, 7) is 1.37. The Morgan fingerprint density at radius 2 is 1.89 bits per heavy atom. The molecule has 36 heavy (non-hydrogen) atoms. The largest absolute Gasteiger partial charge is 0.413 e. The van der Waals surface area contributed by atoms with Gasteiger partial charge in [0.25, 0.3) is 11.6 Å². The molecule has 3 rings (SSSR count). The second-order valence-corrected chi connectivity index (χ2v) is 9.00. The zero-order chi connectivity index (χ0) is 26.5. The van der Waals surface area contributed by atoms with E-state index in [0.29, 0.717) is 18.4 Å². The SMILES string of the molecule is CCCCN1C(=O)CN=C(NC2=CC=CCC(C(F)(F)F)=C2)N(Cc2cccc(C(F)(F)P)c2)C1=O. The minimum atomic E-state index is -4.56. The van der Waals surface area contributed by atoms with E-state index in [0.717, 1.165) is 15.9 Å². The summed E-state index contributed by atoms with van der Waals surface area (Å²) in [4.78, 5) is 32.3. The summed E-state index contributed by atoms with van der Waals surface area (Å²) < 4.78 is 67.8. The Bertz CT molecular complexity index is 1120. The number of aliphatic imine (C=N–C) groups is 1. The number of carbonyl (C=O) groups is 2. The van der Waals surface area contributed by atoms with E-state index in [9.17, 15) is 31.5 Å². The molecule has 1 aromatic carbocycles. The molecule has 6 nitrogen and oxygen atoms in total. The zero-order valence-corrected chi connectivity index (χ0v) is 20.6. The van der Waals surface area contributed by atoms with E-state index < -0.39 is 35.9 Å². The molecule has 1 aliphatic heterocycles. The molecule has 1 aliphatic carbocycles. The highest BCUT2D eigenvalue weighted by atomic mass is 31.0.